The van der Waals surface area contributed by atoms with Gasteiger partial charge in [-0.05, 0) is 41.5 Å². The Bertz CT molecular complexity index is 966. The van der Waals surface area contributed by atoms with Crippen LogP contribution in [-0.2, 0) is 11.4 Å². The maximum absolute atomic E-state index is 11.8. The Balaban J connectivity index is 2.28. The molecule has 2 aromatic rings. The summed E-state index contributed by atoms with van der Waals surface area (Å²) in [6.45, 7) is 0.229. The quantitative estimate of drug-likeness (QED) is 0.547. The number of carbonyl (C=O) groups excluding carboxylic acids is 2. The van der Waals surface area contributed by atoms with E-state index in [0.717, 1.165) is 5.56 Å². The van der Waals surface area contributed by atoms with Crippen molar-refractivity contribution >= 4 is 41.2 Å². The van der Waals surface area contributed by atoms with Crippen LogP contribution < -0.4 is 20.5 Å². The number of hydrogen-bond acceptors (Lipinski definition) is 5. The molecule has 0 aromatic heterocycles. The second kappa shape index (κ2) is 9.65. The summed E-state index contributed by atoms with van der Waals surface area (Å²) in [5.41, 5.74) is 5.84. The van der Waals surface area contributed by atoms with Gasteiger partial charge in [0.05, 0.1) is 12.1 Å². The van der Waals surface area contributed by atoms with E-state index in [9.17, 15) is 9.59 Å². The Morgan fingerprint density at radius 2 is 1.93 bits per heavy atom. The molecule has 0 aliphatic carbocycles. The first-order chi connectivity index (χ1) is 13.3. The van der Waals surface area contributed by atoms with Gasteiger partial charge in [0.2, 0.25) is 0 Å². The van der Waals surface area contributed by atoms with Crippen molar-refractivity contribution in [3.05, 3.63) is 63.1 Å². The van der Waals surface area contributed by atoms with Crippen LogP contribution in [0.1, 0.15) is 11.1 Å². The summed E-state index contributed by atoms with van der Waals surface area (Å²) >= 11 is 12.1. The number of methoxy groups -OCH3 is 1. The highest BCUT2D eigenvalue weighted by Crippen LogP contribution is 2.37. The lowest BCUT2D eigenvalue weighted by atomic mass is 10.1. The van der Waals surface area contributed by atoms with Crippen molar-refractivity contribution in [2.75, 3.05) is 7.11 Å². The van der Waals surface area contributed by atoms with Gasteiger partial charge in [-0.15, -0.1) is 0 Å². The van der Waals surface area contributed by atoms with Gasteiger partial charge in [0, 0.05) is 5.02 Å². The van der Waals surface area contributed by atoms with Crippen molar-refractivity contribution in [2.45, 2.75) is 6.61 Å². The molecule has 2 aromatic carbocycles. The van der Waals surface area contributed by atoms with Crippen molar-refractivity contribution in [1.82, 2.24) is 5.32 Å². The molecule has 7 nitrogen and oxygen atoms in total. The third kappa shape index (κ3) is 5.64. The highest BCUT2D eigenvalue weighted by Gasteiger charge is 2.15. The normalized spacial score (nSPS) is 10.7. The molecule has 3 amide bonds. The zero-order valence-corrected chi connectivity index (χ0v) is 16.2. The predicted octanol–water partition coefficient (Wildman–Crippen LogP) is 3.68. The van der Waals surface area contributed by atoms with Crippen molar-refractivity contribution in [3.8, 4) is 17.6 Å². The molecule has 0 unspecified atom stereocenters. The third-order valence-electron chi connectivity index (χ3n) is 3.46. The number of imide groups is 1. The molecule has 0 bridgehead atoms. The highest BCUT2D eigenvalue weighted by molar-refractivity contribution is 6.32. The van der Waals surface area contributed by atoms with Gasteiger partial charge in [-0.3, -0.25) is 10.1 Å². The van der Waals surface area contributed by atoms with E-state index in [1.807, 2.05) is 17.4 Å². The van der Waals surface area contributed by atoms with Gasteiger partial charge in [0.1, 0.15) is 18.2 Å². The van der Waals surface area contributed by atoms with Gasteiger partial charge < -0.3 is 15.2 Å². The summed E-state index contributed by atoms with van der Waals surface area (Å²) in [7, 11) is 1.43. The molecule has 0 radical (unpaired) electrons. The Morgan fingerprint density at radius 3 is 2.50 bits per heavy atom. The van der Waals surface area contributed by atoms with Crippen LogP contribution in [0.2, 0.25) is 10.0 Å². The number of rotatable bonds is 6. The monoisotopic (exact) mass is 419 g/mol. The first-order valence-electron chi connectivity index (χ1n) is 7.81. The van der Waals surface area contributed by atoms with Crippen molar-refractivity contribution in [1.29, 1.82) is 5.26 Å². The number of amides is 3. The first kappa shape index (κ1) is 21.1. The van der Waals surface area contributed by atoms with E-state index in [1.165, 1.54) is 25.3 Å². The maximum atomic E-state index is 11.8. The van der Waals surface area contributed by atoms with Crippen LogP contribution in [0.3, 0.4) is 0 Å². The fourth-order valence-corrected chi connectivity index (χ4v) is 2.59. The number of nitrogens with zero attached hydrogens (tertiary/aromatic N) is 1. The van der Waals surface area contributed by atoms with Crippen LogP contribution in [0.4, 0.5) is 4.79 Å². The minimum absolute atomic E-state index is 0.215. The number of carbonyl (C=O) groups is 2. The van der Waals surface area contributed by atoms with Gasteiger partial charge in [-0.1, -0.05) is 35.3 Å². The van der Waals surface area contributed by atoms with Crippen LogP contribution in [0, 0.1) is 11.3 Å². The van der Waals surface area contributed by atoms with Crippen LogP contribution in [-0.4, -0.2) is 19.0 Å². The SMILES string of the molecule is COc1cc(/C=C(/C#N)C(=O)NC(N)=O)cc(Cl)c1OCc1ccc(Cl)cc1. The second-order valence-electron chi connectivity index (χ2n) is 5.44. The molecule has 3 N–H and O–H groups in total. The largest absolute Gasteiger partial charge is 0.493 e. The lowest BCUT2D eigenvalue weighted by Crippen LogP contribution is -2.35. The number of halogens is 2. The van der Waals surface area contributed by atoms with Crippen LogP contribution >= 0.6 is 23.2 Å². The number of nitrogens with one attached hydrogen (secondary N) is 1. The van der Waals surface area contributed by atoms with E-state index in [0.29, 0.717) is 22.1 Å². The molecule has 144 valence electrons. The minimum Gasteiger partial charge on any atom is -0.493 e. The van der Waals surface area contributed by atoms with E-state index in [1.54, 1.807) is 18.2 Å². The van der Waals surface area contributed by atoms with Crippen LogP contribution in [0.15, 0.2) is 42.0 Å². The maximum Gasteiger partial charge on any atom is 0.319 e. The summed E-state index contributed by atoms with van der Waals surface area (Å²) < 4.78 is 11.0. The molecule has 0 aliphatic heterocycles. The number of nitrogens with two attached hydrogens (primary N) is 1. The fourth-order valence-electron chi connectivity index (χ4n) is 2.19. The summed E-state index contributed by atoms with van der Waals surface area (Å²) in [4.78, 5) is 22.6. The highest BCUT2D eigenvalue weighted by atomic mass is 35.5. The van der Waals surface area contributed by atoms with E-state index < -0.39 is 11.9 Å². The average Bonchev–Trinajstić information content (AvgIpc) is 2.65. The van der Waals surface area contributed by atoms with Gasteiger partial charge in [-0.2, -0.15) is 5.26 Å². The summed E-state index contributed by atoms with van der Waals surface area (Å²) in [5.74, 6) is -0.315. The lowest BCUT2D eigenvalue weighted by Gasteiger charge is -2.13. The number of benzene rings is 2. The Labute approximate surface area is 171 Å². The molecule has 0 saturated carbocycles. The molecular weight excluding hydrogens is 405 g/mol. The van der Waals surface area contributed by atoms with Gasteiger partial charge >= 0.3 is 6.03 Å². The number of primary amides is 1. The predicted molar refractivity (Wildman–Crippen MR) is 105 cm³/mol. The Kier molecular flexibility index (Phi) is 7.27. The number of ether oxygens (including phenoxy) is 2. The average molecular weight is 420 g/mol. The zero-order chi connectivity index (χ0) is 20.7. The molecule has 0 saturated heterocycles. The topological polar surface area (TPSA) is 114 Å². The number of nitriles is 1. The molecule has 0 aliphatic rings. The van der Waals surface area contributed by atoms with E-state index in [-0.39, 0.29) is 17.2 Å². The Morgan fingerprint density at radius 1 is 1.25 bits per heavy atom. The summed E-state index contributed by atoms with van der Waals surface area (Å²) in [5, 5.41) is 11.8. The van der Waals surface area contributed by atoms with Crippen molar-refractivity contribution in [3.63, 3.8) is 0 Å². The van der Waals surface area contributed by atoms with Gasteiger partial charge in [0.25, 0.3) is 5.91 Å². The van der Waals surface area contributed by atoms with Crippen LogP contribution in [0.25, 0.3) is 6.08 Å². The molecule has 0 atom stereocenters. The molecule has 0 fully saturated rings. The Hall–Kier alpha value is -3.21. The second-order valence-corrected chi connectivity index (χ2v) is 6.28. The van der Waals surface area contributed by atoms with E-state index >= 15 is 0 Å². The molecule has 0 spiro atoms. The smallest absolute Gasteiger partial charge is 0.319 e. The first-order valence-corrected chi connectivity index (χ1v) is 8.57. The summed E-state index contributed by atoms with van der Waals surface area (Å²) in [6.07, 6.45) is 1.25. The molecule has 2 rings (SSSR count). The van der Waals surface area contributed by atoms with Gasteiger partial charge in [-0.25, -0.2) is 4.79 Å². The minimum atomic E-state index is -1.06. The molecular formula is C19H15Cl2N3O4. The standard InChI is InChI=1S/C19H15Cl2N3O4/c1-27-16-8-12(6-13(9-22)18(25)24-19(23)26)7-15(21)17(16)28-10-11-2-4-14(20)5-3-11/h2-8H,10H2,1H3,(H3,23,24,25,26)/b13-6-. The van der Waals surface area contributed by atoms with Crippen LogP contribution in [0.5, 0.6) is 11.5 Å². The molecule has 9 heteroatoms. The van der Waals surface area contributed by atoms with Gasteiger partial charge in [0.15, 0.2) is 11.5 Å². The lowest BCUT2D eigenvalue weighted by molar-refractivity contribution is -0.115. The fraction of sp³-hybridized carbons (Fsp3) is 0.105. The summed E-state index contributed by atoms with van der Waals surface area (Å²) in [6, 6.07) is 10.8. The number of urea groups is 1. The third-order valence-corrected chi connectivity index (χ3v) is 3.99. The van der Waals surface area contributed by atoms with Crippen molar-refractivity contribution in [2.24, 2.45) is 5.73 Å². The molecule has 0 heterocycles. The van der Waals surface area contributed by atoms with Crippen molar-refractivity contribution < 1.29 is 19.1 Å². The van der Waals surface area contributed by atoms with E-state index in [2.05, 4.69) is 0 Å². The molecule has 28 heavy (non-hydrogen) atoms. The zero-order valence-electron chi connectivity index (χ0n) is 14.7. The number of hydrogen-bond donors (Lipinski definition) is 2. The van der Waals surface area contributed by atoms with E-state index in [4.69, 9.17) is 43.7 Å².